The van der Waals surface area contributed by atoms with Gasteiger partial charge in [-0.3, -0.25) is 4.79 Å². The molecule has 96 valence electrons. The zero-order valence-corrected chi connectivity index (χ0v) is 9.70. The summed E-state index contributed by atoms with van der Waals surface area (Å²) in [4.78, 5) is 10.1. The first kappa shape index (κ1) is 15.6. The van der Waals surface area contributed by atoms with Crippen LogP contribution in [0.3, 0.4) is 0 Å². The summed E-state index contributed by atoms with van der Waals surface area (Å²) < 4.78 is 36.5. The summed E-state index contributed by atoms with van der Waals surface area (Å²) in [5.74, 6) is -0.269. The second-order valence-corrected chi connectivity index (χ2v) is 4.86. The predicted molar refractivity (Wildman–Crippen MR) is 55.5 cm³/mol. The Morgan fingerprint density at radius 2 is 1.88 bits per heavy atom. The lowest BCUT2D eigenvalue weighted by molar-refractivity contribution is -0.253. The molecule has 0 radical (unpaired) electrons. The molecule has 0 bridgehead atoms. The van der Waals surface area contributed by atoms with Gasteiger partial charge < -0.3 is 10.2 Å². The molecule has 1 unspecified atom stereocenters. The highest BCUT2D eigenvalue weighted by molar-refractivity contribution is 7.99. The summed E-state index contributed by atoms with van der Waals surface area (Å²) in [6.45, 7) is 0.741. The van der Waals surface area contributed by atoms with E-state index >= 15 is 0 Å². The van der Waals surface area contributed by atoms with Crippen molar-refractivity contribution >= 4 is 17.7 Å². The van der Waals surface area contributed by atoms with Crippen LogP contribution in [0.5, 0.6) is 0 Å². The lowest BCUT2D eigenvalue weighted by atomic mass is 10.0. The quantitative estimate of drug-likeness (QED) is 0.689. The van der Waals surface area contributed by atoms with Gasteiger partial charge in [0.2, 0.25) is 0 Å². The molecule has 0 fully saturated rings. The number of thioether (sulfide) groups is 1. The molecule has 16 heavy (non-hydrogen) atoms. The van der Waals surface area contributed by atoms with Crippen LogP contribution in [0.15, 0.2) is 0 Å². The number of alkyl halides is 3. The van der Waals surface area contributed by atoms with E-state index in [0.717, 1.165) is 6.92 Å². The van der Waals surface area contributed by atoms with Crippen LogP contribution in [0, 0.1) is 0 Å². The topological polar surface area (TPSA) is 57.5 Å². The van der Waals surface area contributed by atoms with E-state index in [2.05, 4.69) is 0 Å². The fraction of sp³-hybridized carbons (Fsp3) is 0.889. The molecule has 0 amide bonds. The maximum Gasteiger partial charge on any atom is 0.416 e. The van der Waals surface area contributed by atoms with Gasteiger partial charge in [0, 0.05) is 6.42 Å². The molecule has 7 heteroatoms. The van der Waals surface area contributed by atoms with E-state index in [1.165, 1.54) is 11.8 Å². The minimum absolute atomic E-state index is 0.0165. The van der Waals surface area contributed by atoms with E-state index in [1.54, 1.807) is 0 Å². The number of hydrogen-bond acceptors (Lipinski definition) is 3. The Bertz CT molecular complexity index is 229. The van der Waals surface area contributed by atoms with Crippen molar-refractivity contribution in [1.29, 1.82) is 0 Å². The Hall–Kier alpha value is -0.430. The number of hydrogen-bond donors (Lipinski definition) is 2. The van der Waals surface area contributed by atoms with Gasteiger partial charge in [0.15, 0.2) is 5.60 Å². The number of rotatable bonds is 7. The predicted octanol–water partition coefficient (Wildman–Crippen LogP) is 2.29. The molecule has 0 aromatic rings. The van der Waals surface area contributed by atoms with Crippen LogP contribution >= 0.6 is 11.8 Å². The van der Waals surface area contributed by atoms with Gasteiger partial charge in [-0.25, -0.2) is 0 Å². The Balaban J connectivity index is 3.63. The Morgan fingerprint density at radius 1 is 1.31 bits per heavy atom. The smallest absolute Gasteiger partial charge is 0.416 e. The second-order valence-electron chi connectivity index (χ2n) is 3.63. The fourth-order valence-electron chi connectivity index (χ4n) is 0.840. The first-order valence-electron chi connectivity index (χ1n) is 4.75. The van der Waals surface area contributed by atoms with E-state index in [9.17, 15) is 18.0 Å². The molecule has 0 aromatic carbocycles. The molecule has 0 saturated heterocycles. The third-order valence-corrected chi connectivity index (χ3v) is 3.09. The Kier molecular flexibility index (Phi) is 6.17. The highest BCUT2D eigenvalue weighted by atomic mass is 32.2. The van der Waals surface area contributed by atoms with Gasteiger partial charge in [0.25, 0.3) is 0 Å². The zero-order chi connectivity index (χ0) is 12.8. The zero-order valence-electron chi connectivity index (χ0n) is 8.88. The van der Waals surface area contributed by atoms with Gasteiger partial charge in [0.1, 0.15) is 0 Å². The van der Waals surface area contributed by atoms with Crippen LogP contribution < -0.4 is 0 Å². The molecule has 2 N–H and O–H groups in total. The van der Waals surface area contributed by atoms with Crippen molar-refractivity contribution < 1.29 is 28.2 Å². The Labute approximate surface area is 96.0 Å². The van der Waals surface area contributed by atoms with Crippen molar-refractivity contribution in [3.05, 3.63) is 0 Å². The average molecular weight is 260 g/mol. The van der Waals surface area contributed by atoms with Gasteiger partial charge in [-0.1, -0.05) is 0 Å². The first-order valence-corrected chi connectivity index (χ1v) is 5.91. The van der Waals surface area contributed by atoms with Crippen LogP contribution in [0.25, 0.3) is 0 Å². The summed E-state index contributed by atoms with van der Waals surface area (Å²) in [5, 5.41) is 17.4. The molecular formula is C9H15F3O3S. The maximum absolute atomic E-state index is 12.2. The minimum Gasteiger partial charge on any atom is -0.481 e. The maximum atomic E-state index is 12.2. The van der Waals surface area contributed by atoms with E-state index in [0.29, 0.717) is 12.2 Å². The summed E-state index contributed by atoms with van der Waals surface area (Å²) >= 11 is 1.21. The highest BCUT2D eigenvalue weighted by Crippen LogP contribution is 2.33. The first-order chi connectivity index (χ1) is 7.17. The van der Waals surface area contributed by atoms with Crippen molar-refractivity contribution in [2.24, 2.45) is 0 Å². The molecule has 0 aliphatic heterocycles. The number of aliphatic hydroxyl groups is 1. The number of carboxylic acid groups (broad SMARTS) is 1. The minimum atomic E-state index is -4.62. The van der Waals surface area contributed by atoms with Crippen LogP contribution in [0.2, 0.25) is 0 Å². The van der Waals surface area contributed by atoms with Gasteiger partial charge in [-0.05, 0) is 31.3 Å². The normalized spacial score (nSPS) is 15.8. The molecule has 0 saturated carbocycles. The molecule has 0 rings (SSSR count). The second kappa shape index (κ2) is 6.34. The number of aliphatic carboxylic acids is 1. The molecule has 0 aliphatic rings. The molecule has 0 heterocycles. The fourth-order valence-corrected chi connectivity index (χ4v) is 1.93. The van der Waals surface area contributed by atoms with Gasteiger partial charge in [-0.2, -0.15) is 24.9 Å². The SMILES string of the molecule is CC(O)(CCSCCCC(=O)O)C(F)(F)F. The molecule has 0 spiro atoms. The lowest BCUT2D eigenvalue weighted by Crippen LogP contribution is -2.42. The molecule has 0 aliphatic carbocycles. The van der Waals surface area contributed by atoms with E-state index in [4.69, 9.17) is 10.2 Å². The summed E-state index contributed by atoms with van der Waals surface area (Å²) in [6.07, 6.45) is -4.56. The molecular weight excluding hydrogens is 245 g/mol. The van der Waals surface area contributed by atoms with Crippen LogP contribution in [0.4, 0.5) is 13.2 Å². The van der Waals surface area contributed by atoms with Gasteiger partial charge in [0.05, 0.1) is 0 Å². The molecule has 1 atom stereocenters. The number of carbonyl (C=O) groups is 1. The van der Waals surface area contributed by atoms with Crippen molar-refractivity contribution in [2.45, 2.75) is 38.0 Å². The van der Waals surface area contributed by atoms with Crippen molar-refractivity contribution in [2.75, 3.05) is 11.5 Å². The van der Waals surface area contributed by atoms with Crippen molar-refractivity contribution in [3.8, 4) is 0 Å². The molecule has 3 nitrogen and oxygen atoms in total. The summed E-state index contributed by atoms with van der Waals surface area (Å²) in [6, 6.07) is 0. The summed E-state index contributed by atoms with van der Waals surface area (Å²) in [7, 11) is 0. The van der Waals surface area contributed by atoms with E-state index in [1.807, 2.05) is 0 Å². The monoisotopic (exact) mass is 260 g/mol. The summed E-state index contributed by atoms with van der Waals surface area (Å²) in [5.41, 5.74) is -2.66. The number of halogens is 3. The lowest BCUT2D eigenvalue weighted by Gasteiger charge is -2.25. The average Bonchev–Trinajstić information content (AvgIpc) is 2.08. The van der Waals surface area contributed by atoms with Gasteiger partial charge >= 0.3 is 12.1 Å². The molecule has 0 aromatic heterocycles. The highest BCUT2D eigenvalue weighted by Gasteiger charge is 2.49. The van der Waals surface area contributed by atoms with Crippen LogP contribution in [-0.4, -0.2) is 39.5 Å². The van der Waals surface area contributed by atoms with Crippen molar-refractivity contribution in [3.63, 3.8) is 0 Å². The van der Waals surface area contributed by atoms with E-state index in [-0.39, 0.29) is 18.6 Å². The largest absolute Gasteiger partial charge is 0.481 e. The third-order valence-electron chi connectivity index (χ3n) is 2.02. The van der Waals surface area contributed by atoms with Gasteiger partial charge in [-0.15, -0.1) is 0 Å². The number of carboxylic acids is 1. The van der Waals surface area contributed by atoms with E-state index < -0.39 is 17.7 Å². The Morgan fingerprint density at radius 3 is 2.31 bits per heavy atom. The van der Waals surface area contributed by atoms with Crippen LogP contribution in [-0.2, 0) is 4.79 Å². The van der Waals surface area contributed by atoms with Crippen molar-refractivity contribution in [1.82, 2.24) is 0 Å². The standard InChI is InChI=1S/C9H15F3O3S/c1-8(15,9(10,11)12)4-6-16-5-2-3-7(13)14/h15H,2-6H2,1H3,(H,13,14). The van der Waals surface area contributed by atoms with Crippen LogP contribution in [0.1, 0.15) is 26.2 Å². The third kappa shape index (κ3) is 6.22.